The second-order valence-corrected chi connectivity index (χ2v) is 4.82. The molecule has 2 heteroatoms. The molecule has 0 spiro atoms. The van der Waals surface area contributed by atoms with Gasteiger partial charge in [-0.3, -0.25) is 0 Å². The van der Waals surface area contributed by atoms with Crippen LogP contribution in [0.3, 0.4) is 0 Å². The lowest BCUT2D eigenvalue weighted by Gasteiger charge is -2.15. The van der Waals surface area contributed by atoms with Crippen LogP contribution in [0.2, 0.25) is 0 Å². The van der Waals surface area contributed by atoms with E-state index in [1.54, 1.807) is 6.26 Å². The van der Waals surface area contributed by atoms with Crippen LogP contribution in [0.15, 0.2) is 41.0 Å². The van der Waals surface area contributed by atoms with Gasteiger partial charge in [0.2, 0.25) is 0 Å². The van der Waals surface area contributed by atoms with Crippen molar-refractivity contribution >= 4 is 5.69 Å². The molecule has 96 valence electrons. The third-order valence-corrected chi connectivity index (χ3v) is 3.22. The standard InChI is InChI=1S/C16H21NO/c1-4-14-7-8-15(10-12(14)2)17-13(3)11-16-6-5-9-18-16/h5-10,13,17H,4,11H2,1-3H3. The van der Waals surface area contributed by atoms with E-state index in [0.29, 0.717) is 6.04 Å². The summed E-state index contributed by atoms with van der Waals surface area (Å²) in [7, 11) is 0. The van der Waals surface area contributed by atoms with Gasteiger partial charge in [-0.15, -0.1) is 0 Å². The van der Waals surface area contributed by atoms with Gasteiger partial charge in [0.05, 0.1) is 6.26 Å². The molecule has 0 aliphatic heterocycles. The highest BCUT2D eigenvalue weighted by Gasteiger charge is 2.06. The second-order valence-electron chi connectivity index (χ2n) is 4.82. The van der Waals surface area contributed by atoms with Crippen LogP contribution in [0, 0.1) is 6.92 Å². The minimum atomic E-state index is 0.364. The Labute approximate surface area is 109 Å². The highest BCUT2D eigenvalue weighted by Crippen LogP contribution is 2.17. The Kier molecular flexibility index (Phi) is 4.08. The minimum absolute atomic E-state index is 0.364. The summed E-state index contributed by atoms with van der Waals surface area (Å²) >= 11 is 0. The summed E-state index contributed by atoms with van der Waals surface area (Å²) in [6, 6.07) is 10.9. The Hall–Kier alpha value is -1.70. The fraction of sp³-hybridized carbons (Fsp3) is 0.375. The first-order valence-corrected chi connectivity index (χ1v) is 6.57. The molecule has 0 saturated heterocycles. The van der Waals surface area contributed by atoms with Crippen LogP contribution in [0.1, 0.15) is 30.7 Å². The maximum absolute atomic E-state index is 5.36. The van der Waals surface area contributed by atoms with E-state index in [9.17, 15) is 0 Å². The van der Waals surface area contributed by atoms with Crippen LogP contribution >= 0.6 is 0 Å². The first-order valence-electron chi connectivity index (χ1n) is 6.57. The molecular formula is C16H21NO. The van der Waals surface area contributed by atoms with E-state index >= 15 is 0 Å². The lowest BCUT2D eigenvalue weighted by atomic mass is 10.1. The Balaban J connectivity index is 1.98. The maximum atomic E-state index is 5.36. The Bertz CT molecular complexity index is 488. The zero-order chi connectivity index (χ0) is 13.0. The van der Waals surface area contributed by atoms with Gasteiger partial charge in [-0.05, 0) is 55.7 Å². The van der Waals surface area contributed by atoms with Crippen molar-refractivity contribution in [3.05, 3.63) is 53.5 Å². The van der Waals surface area contributed by atoms with Gasteiger partial charge in [0.25, 0.3) is 0 Å². The van der Waals surface area contributed by atoms with Crippen LogP contribution < -0.4 is 5.32 Å². The Morgan fingerprint density at radius 1 is 1.28 bits per heavy atom. The molecule has 0 amide bonds. The molecule has 2 nitrogen and oxygen atoms in total. The van der Waals surface area contributed by atoms with Crippen molar-refractivity contribution in [3.8, 4) is 0 Å². The van der Waals surface area contributed by atoms with Gasteiger partial charge in [-0.1, -0.05) is 13.0 Å². The zero-order valence-corrected chi connectivity index (χ0v) is 11.4. The number of benzene rings is 1. The van der Waals surface area contributed by atoms with Crippen LogP contribution in [0.5, 0.6) is 0 Å². The molecule has 2 aromatic rings. The quantitative estimate of drug-likeness (QED) is 0.851. The molecule has 0 fully saturated rings. The molecular weight excluding hydrogens is 222 g/mol. The molecule has 0 radical (unpaired) electrons. The molecule has 1 atom stereocenters. The molecule has 1 N–H and O–H groups in total. The normalized spacial score (nSPS) is 12.4. The van der Waals surface area contributed by atoms with E-state index in [2.05, 4.69) is 44.3 Å². The van der Waals surface area contributed by atoms with Gasteiger partial charge >= 0.3 is 0 Å². The summed E-state index contributed by atoms with van der Waals surface area (Å²) in [6.45, 7) is 6.53. The fourth-order valence-corrected chi connectivity index (χ4v) is 2.25. The zero-order valence-electron chi connectivity index (χ0n) is 11.4. The largest absolute Gasteiger partial charge is 0.469 e. The number of anilines is 1. The summed E-state index contributed by atoms with van der Waals surface area (Å²) < 4.78 is 5.36. The third-order valence-electron chi connectivity index (χ3n) is 3.22. The first-order chi connectivity index (χ1) is 8.69. The van der Waals surface area contributed by atoms with E-state index in [-0.39, 0.29) is 0 Å². The monoisotopic (exact) mass is 243 g/mol. The van der Waals surface area contributed by atoms with Gasteiger partial charge < -0.3 is 9.73 Å². The van der Waals surface area contributed by atoms with Gasteiger partial charge in [-0.2, -0.15) is 0 Å². The molecule has 1 aromatic heterocycles. The number of aryl methyl sites for hydroxylation is 2. The van der Waals surface area contributed by atoms with Crippen LogP contribution in [-0.2, 0) is 12.8 Å². The van der Waals surface area contributed by atoms with Crippen molar-refractivity contribution in [1.82, 2.24) is 0 Å². The molecule has 1 heterocycles. The molecule has 18 heavy (non-hydrogen) atoms. The number of rotatable bonds is 5. The van der Waals surface area contributed by atoms with E-state index in [1.165, 1.54) is 16.8 Å². The molecule has 1 aromatic carbocycles. The fourth-order valence-electron chi connectivity index (χ4n) is 2.25. The number of nitrogens with one attached hydrogen (secondary N) is 1. The maximum Gasteiger partial charge on any atom is 0.105 e. The summed E-state index contributed by atoms with van der Waals surface area (Å²) in [5.74, 6) is 1.02. The van der Waals surface area contributed by atoms with Crippen LogP contribution in [0.4, 0.5) is 5.69 Å². The first kappa shape index (κ1) is 12.7. The molecule has 0 bridgehead atoms. The Morgan fingerprint density at radius 2 is 2.11 bits per heavy atom. The van der Waals surface area contributed by atoms with Crippen molar-refractivity contribution < 1.29 is 4.42 Å². The third kappa shape index (κ3) is 3.16. The van der Waals surface area contributed by atoms with Crippen molar-refractivity contribution in [2.45, 2.75) is 39.7 Å². The summed E-state index contributed by atoms with van der Waals surface area (Å²) in [5.41, 5.74) is 3.95. The topological polar surface area (TPSA) is 25.2 Å². The van der Waals surface area contributed by atoms with Gasteiger partial charge in [0.15, 0.2) is 0 Å². The predicted molar refractivity (Wildman–Crippen MR) is 76.1 cm³/mol. The van der Waals surface area contributed by atoms with E-state index < -0.39 is 0 Å². The summed E-state index contributed by atoms with van der Waals surface area (Å²) in [5, 5.41) is 3.51. The van der Waals surface area contributed by atoms with E-state index in [0.717, 1.165) is 18.6 Å². The summed E-state index contributed by atoms with van der Waals surface area (Å²) in [4.78, 5) is 0. The number of hydrogen-bond acceptors (Lipinski definition) is 2. The van der Waals surface area contributed by atoms with E-state index in [4.69, 9.17) is 4.42 Å². The van der Waals surface area contributed by atoms with E-state index in [1.807, 2.05) is 12.1 Å². The van der Waals surface area contributed by atoms with Crippen molar-refractivity contribution in [2.75, 3.05) is 5.32 Å². The molecule has 2 rings (SSSR count). The van der Waals surface area contributed by atoms with Crippen molar-refractivity contribution in [2.24, 2.45) is 0 Å². The highest BCUT2D eigenvalue weighted by atomic mass is 16.3. The number of hydrogen-bond donors (Lipinski definition) is 1. The predicted octanol–water partition coefficient (Wildman–Crippen LogP) is 4.19. The molecule has 1 unspecified atom stereocenters. The lowest BCUT2D eigenvalue weighted by Crippen LogP contribution is -2.17. The lowest BCUT2D eigenvalue weighted by molar-refractivity contribution is 0.498. The van der Waals surface area contributed by atoms with Crippen LogP contribution in [-0.4, -0.2) is 6.04 Å². The Morgan fingerprint density at radius 3 is 2.72 bits per heavy atom. The molecule has 0 saturated carbocycles. The highest BCUT2D eigenvalue weighted by molar-refractivity contribution is 5.49. The summed E-state index contributed by atoms with van der Waals surface area (Å²) in [6.07, 6.45) is 3.72. The van der Waals surface area contributed by atoms with Gasteiger partial charge in [0.1, 0.15) is 5.76 Å². The van der Waals surface area contributed by atoms with Crippen LogP contribution in [0.25, 0.3) is 0 Å². The second kappa shape index (κ2) is 5.76. The minimum Gasteiger partial charge on any atom is -0.469 e. The van der Waals surface area contributed by atoms with Gasteiger partial charge in [-0.25, -0.2) is 0 Å². The molecule has 0 aliphatic rings. The smallest absolute Gasteiger partial charge is 0.105 e. The SMILES string of the molecule is CCc1ccc(NC(C)Cc2ccco2)cc1C. The number of furan rings is 1. The van der Waals surface area contributed by atoms with Gasteiger partial charge in [0, 0.05) is 18.2 Å². The molecule has 0 aliphatic carbocycles. The van der Waals surface area contributed by atoms with Crippen molar-refractivity contribution in [3.63, 3.8) is 0 Å². The average Bonchev–Trinajstić information content (AvgIpc) is 2.82. The van der Waals surface area contributed by atoms with Crippen molar-refractivity contribution in [1.29, 1.82) is 0 Å². The average molecular weight is 243 g/mol.